The minimum absolute atomic E-state index is 0.105. The number of halogens is 1. The molecule has 122 valence electrons. The van der Waals surface area contributed by atoms with E-state index in [-0.39, 0.29) is 12.4 Å². The number of furan rings is 1. The fourth-order valence-electron chi connectivity index (χ4n) is 2.10. The van der Waals surface area contributed by atoms with Crippen LogP contribution in [0.1, 0.15) is 10.6 Å². The molecule has 1 aromatic heterocycles. The second-order valence-electron chi connectivity index (χ2n) is 4.87. The summed E-state index contributed by atoms with van der Waals surface area (Å²) in [4.78, 5) is 23.4. The Labute approximate surface area is 145 Å². The molecular weight excluding hydrogens is 376 g/mol. The highest BCUT2D eigenvalue weighted by Crippen LogP contribution is 2.32. The van der Waals surface area contributed by atoms with Gasteiger partial charge in [0, 0.05) is 0 Å². The summed E-state index contributed by atoms with van der Waals surface area (Å²) in [6.07, 6.45) is 1.37. The third-order valence-corrected chi connectivity index (χ3v) is 4.06. The van der Waals surface area contributed by atoms with Crippen molar-refractivity contribution in [2.45, 2.75) is 0 Å². The van der Waals surface area contributed by atoms with Crippen molar-refractivity contribution < 1.29 is 18.7 Å². The van der Waals surface area contributed by atoms with Crippen LogP contribution in [0.25, 0.3) is 10.8 Å². The number of carbonyl (C=O) groups excluding carboxylic acids is 2. The molecule has 0 saturated carbocycles. The lowest BCUT2D eigenvalue weighted by molar-refractivity contribution is -0.123. The van der Waals surface area contributed by atoms with Crippen molar-refractivity contribution in [1.82, 2.24) is 10.9 Å². The van der Waals surface area contributed by atoms with Gasteiger partial charge >= 0.3 is 5.91 Å². The second-order valence-corrected chi connectivity index (χ2v) is 5.66. The molecule has 6 nitrogen and oxygen atoms in total. The fraction of sp³-hybridized carbons (Fsp3) is 0.0588. The highest BCUT2D eigenvalue weighted by Gasteiger charge is 2.11. The smallest absolute Gasteiger partial charge is 0.305 e. The van der Waals surface area contributed by atoms with Gasteiger partial charge in [-0.3, -0.25) is 20.4 Å². The number of hydrazine groups is 1. The third-order valence-electron chi connectivity index (χ3n) is 3.25. The molecule has 2 amide bonds. The Hall–Kier alpha value is -2.80. The summed E-state index contributed by atoms with van der Waals surface area (Å²) in [5, 5.41) is 2.05. The van der Waals surface area contributed by atoms with Crippen LogP contribution in [0, 0.1) is 0 Å². The van der Waals surface area contributed by atoms with Crippen LogP contribution in [-0.4, -0.2) is 18.4 Å². The lowest BCUT2D eigenvalue weighted by Crippen LogP contribution is -2.43. The van der Waals surface area contributed by atoms with Gasteiger partial charge in [0.25, 0.3) is 5.91 Å². The molecular formula is C17H13BrN2O4. The van der Waals surface area contributed by atoms with Crippen LogP contribution in [-0.2, 0) is 4.79 Å². The first-order chi connectivity index (χ1) is 11.6. The quantitative estimate of drug-likeness (QED) is 0.673. The molecule has 0 bridgehead atoms. The first kappa shape index (κ1) is 16.1. The molecule has 3 rings (SSSR count). The normalized spacial score (nSPS) is 10.4. The van der Waals surface area contributed by atoms with Crippen molar-refractivity contribution in [3.63, 3.8) is 0 Å². The van der Waals surface area contributed by atoms with E-state index in [4.69, 9.17) is 9.15 Å². The maximum Gasteiger partial charge on any atom is 0.305 e. The number of fused-ring (bicyclic) bond motifs is 1. The van der Waals surface area contributed by atoms with Crippen molar-refractivity contribution in [1.29, 1.82) is 0 Å². The summed E-state index contributed by atoms with van der Waals surface area (Å²) < 4.78 is 11.2. The van der Waals surface area contributed by atoms with Crippen molar-refractivity contribution in [2.24, 2.45) is 0 Å². The maximum absolute atomic E-state index is 11.8. The van der Waals surface area contributed by atoms with Crippen LogP contribution in [0.5, 0.6) is 5.75 Å². The zero-order valence-electron chi connectivity index (χ0n) is 12.4. The molecule has 2 aromatic carbocycles. The predicted molar refractivity (Wildman–Crippen MR) is 91.5 cm³/mol. The number of hydrogen-bond donors (Lipinski definition) is 2. The van der Waals surface area contributed by atoms with Gasteiger partial charge in [0.15, 0.2) is 12.4 Å². The number of hydrogen-bond acceptors (Lipinski definition) is 4. The van der Waals surface area contributed by atoms with Crippen LogP contribution in [0.2, 0.25) is 0 Å². The fourth-order valence-corrected chi connectivity index (χ4v) is 2.71. The van der Waals surface area contributed by atoms with Gasteiger partial charge in [0.1, 0.15) is 5.75 Å². The van der Waals surface area contributed by atoms with Crippen LogP contribution in [0.3, 0.4) is 0 Å². The minimum atomic E-state index is -0.541. The Kier molecular flexibility index (Phi) is 4.81. The summed E-state index contributed by atoms with van der Waals surface area (Å²) in [6.45, 7) is -0.241. The van der Waals surface area contributed by atoms with Crippen LogP contribution in [0.4, 0.5) is 0 Å². The van der Waals surface area contributed by atoms with Crippen LogP contribution < -0.4 is 15.6 Å². The number of rotatable bonds is 4. The predicted octanol–water partition coefficient (Wildman–Crippen LogP) is 3.04. The number of ether oxygens (including phenoxy) is 1. The molecule has 0 radical (unpaired) electrons. The molecule has 0 spiro atoms. The summed E-state index contributed by atoms with van der Waals surface area (Å²) in [7, 11) is 0. The average Bonchev–Trinajstić information content (AvgIpc) is 3.14. The first-order valence-corrected chi connectivity index (χ1v) is 7.87. The molecule has 0 aliphatic heterocycles. The summed E-state index contributed by atoms with van der Waals surface area (Å²) >= 11 is 3.48. The van der Waals surface area contributed by atoms with Gasteiger partial charge in [-0.1, -0.05) is 30.3 Å². The van der Waals surface area contributed by atoms with Gasteiger partial charge in [-0.15, -0.1) is 0 Å². The van der Waals surface area contributed by atoms with E-state index in [1.165, 1.54) is 12.3 Å². The van der Waals surface area contributed by atoms with E-state index >= 15 is 0 Å². The molecule has 3 aromatic rings. The summed E-state index contributed by atoms with van der Waals surface area (Å²) in [6, 6.07) is 14.6. The van der Waals surface area contributed by atoms with Gasteiger partial charge in [-0.2, -0.15) is 0 Å². The minimum Gasteiger partial charge on any atom is -0.483 e. The zero-order chi connectivity index (χ0) is 16.9. The summed E-state index contributed by atoms with van der Waals surface area (Å²) in [5.74, 6) is -0.384. The Morgan fingerprint density at radius 3 is 2.67 bits per heavy atom. The third kappa shape index (κ3) is 3.57. The molecule has 0 saturated heterocycles. The standard InChI is InChI=1S/C17H13BrN2O4/c18-16-12-5-2-1-4-11(12)7-8-13(16)24-10-15(21)19-20-17(22)14-6-3-9-23-14/h1-9H,10H2,(H,19,21)(H,20,22). The second kappa shape index (κ2) is 7.18. The van der Waals surface area contributed by atoms with Gasteiger partial charge in [-0.05, 0) is 44.9 Å². The molecule has 0 atom stereocenters. The Bertz CT molecular complexity index is 877. The van der Waals surface area contributed by atoms with Crippen LogP contribution in [0.15, 0.2) is 63.7 Å². The molecule has 0 unspecified atom stereocenters. The van der Waals surface area contributed by atoms with Crippen molar-refractivity contribution in [3.05, 3.63) is 65.0 Å². The van der Waals surface area contributed by atoms with Crippen molar-refractivity contribution in [2.75, 3.05) is 6.61 Å². The van der Waals surface area contributed by atoms with Crippen molar-refractivity contribution >= 4 is 38.5 Å². The molecule has 2 N–H and O–H groups in total. The highest BCUT2D eigenvalue weighted by molar-refractivity contribution is 9.10. The molecule has 7 heteroatoms. The number of nitrogens with one attached hydrogen (secondary N) is 2. The average molecular weight is 389 g/mol. The lowest BCUT2D eigenvalue weighted by atomic mass is 10.1. The lowest BCUT2D eigenvalue weighted by Gasteiger charge is -2.11. The van der Waals surface area contributed by atoms with E-state index < -0.39 is 11.8 Å². The van der Waals surface area contributed by atoms with E-state index in [1.807, 2.05) is 30.3 Å². The molecule has 1 heterocycles. The van der Waals surface area contributed by atoms with Gasteiger partial charge in [-0.25, -0.2) is 0 Å². The number of benzene rings is 2. The molecule has 0 fully saturated rings. The van der Waals surface area contributed by atoms with Gasteiger partial charge in [0.2, 0.25) is 0 Å². The van der Waals surface area contributed by atoms with Gasteiger partial charge in [0.05, 0.1) is 10.7 Å². The zero-order valence-corrected chi connectivity index (χ0v) is 14.0. The Morgan fingerprint density at radius 1 is 1.04 bits per heavy atom. The largest absolute Gasteiger partial charge is 0.483 e. The topological polar surface area (TPSA) is 80.6 Å². The van der Waals surface area contributed by atoms with E-state index in [0.29, 0.717) is 5.75 Å². The van der Waals surface area contributed by atoms with E-state index in [9.17, 15) is 9.59 Å². The monoisotopic (exact) mass is 388 g/mol. The Morgan fingerprint density at radius 2 is 1.88 bits per heavy atom. The Balaban J connectivity index is 1.56. The summed E-state index contributed by atoms with van der Waals surface area (Å²) in [5.41, 5.74) is 4.50. The van der Waals surface area contributed by atoms with E-state index in [2.05, 4.69) is 26.8 Å². The maximum atomic E-state index is 11.8. The first-order valence-electron chi connectivity index (χ1n) is 7.08. The molecule has 0 aliphatic carbocycles. The van der Waals surface area contributed by atoms with E-state index in [1.54, 1.807) is 12.1 Å². The number of amides is 2. The van der Waals surface area contributed by atoms with E-state index in [0.717, 1.165) is 15.2 Å². The molecule has 0 aliphatic rings. The SMILES string of the molecule is O=C(COc1ccc2ccccc2c1Br)NNC(=O)c1ccco1. The number of carbonyl (C=O) groups is 2. The van der Waals surface area contributed by atoms with Crippen LogP contribution >= 0.6 is 15.9 Å². The van der Waals surface area contributed by atoms with Crippen molar-refractivity contribution in [3.8, 4) is 5.75 Å². The van der Waals surface area contributed by atoms with Gasteiger partial charge < -0.3 is 9.15 Å². The highest BCUT2D eigenvalue weighted by atomic mass is 79.9. The molecule has 24 heavy (non-hydrogen) atoms.